The van der Waals surface area contributed by atoms with Crippen molar-refractivity contribution in [2.45, 2.75) is 46.2 Å². The summed E-state index contributed by atoms with van der Waals surface area (Å²) in [5.74, 6) is -0.0223. The predicted molar refractivity (Wildman–Crippen MR) is 78.2 cm³/mol. The van der Waals surface area contributed by atoms with Gasteiger partial charge in [0.25, 0.3) is 5.56 Å². The van der Waals surface area contributed by atoms with Gasteiger partial charge >= 0.3 is 5.69 Å². The van der Waals surface area contributed by atoms with Crippen LogP contribution in [0.15, 0.2) is 9.59 Å². The van der Waals surface area contributed by atoms with Crippen LogP contribution in [-0.2, 0) is 6.54 Å². The monoisotopic (exact) mass is 287 g/mol. The SMILES string of the molecule is CC(C)c1c(Cl)[nH]c(=O)n(CCN(C)C(C)C)c1=O. The number of H-pyrrole nitrogens is 1. The fourth-order valence-electron chi connectivity index (χ4n) is 1.78. The Morgan fingerprint density at radius 2 is 1.84 bits per heavy atom. The van der Waals surface area contributed by atoms with E-state index in [9.17, 15) is 9.59 Å². The fourth-order valence-corrected chi connectivity index (χ4v) is 2.16. The van der Waals surface area contributed by atoms with E-state index >= 15 is 0 Å². The summed E-state index contributed by atoms with van der Waals surface area (Å²) < 4.78 is 1.22. The molecule has 0 saturated heterocycles. The van der Waals surface area contributed by atoms with Crippen molar-refractivity contribution in [1.29, 1.82) is 0 Å². The first-order valence-electron chi connectivity index (χ1n) is 6.48. The lowest BCUT2D eigenvalue weighted by atomic mass is 10.1. The maximum absolute atomic E-state index is 12.3. The molecule has 0 aromatic carbocycles. The van der Waals surface area contributed by atoms with Crippen LogP contribution in [0.3, 0.4) is 0 Å². The van der Waals surface area contributed by atoms with E-state index in [2.05, 4.69) is 23.7 Å². The highest BCUT2D eigenvalue weighted by molar-refractivity contribution is 6.30. The molecule has 0 fully saturated rings. The van der Waals surface area contributed by atoms with E-state index in [1.807, 2.05) is 20.9 Å². The van der Waals surface area contributed by atoms with Crippen molar-refractivity contribution in [1.82, 2.24) is 14.5 Å². The molecule has 5 nitrogen and oxygen atoms in total. The third kappa shape index (κ3) is 3.70. The van der Waals surface area contributed by atoms with Gasteiger partial charge in [-0.1, -0.05) is 25.4 Å². The molecule has 0 saturated carbocycles. The lowest BCUT2D eigenvalue weighted by molar-refractivity contribution is 0.260. The molecular weight excluding hydrogens is 266 g/mol. The molecule has 1 aromatic rings. The van der Waals surface area contributed by atoms with Crippen molar-refractivity contribution >= 4 is 11.6 Å². The molecule has 6 heteroatoms. The largest absolute Gasteiger partial charge is 0.329 e. The zero-order valence-electron chi connectivity index (χ0n) is 12.2. The van der Waals surface area contributed by atoms with Crippen LogP contribution in [-0.4, -0.2) is 34.1 Å². The minimum absolute atomic E-state index is 0.0223. The second kappa shape index (κ2) is 6.39. The van der Waals surface area contributed by atoms with Crippen LogP contribution in [0.1, 0.15) is 39.2 Å². The second-order valence-electron chi connectivity index (χ2n) is 5.34. The molecule has 0 bridgehead atoms. The molecule has 1 rings (SSSR count). The maximum Gasteiger partial charge on any atom is 0.329 e. The number of halogens is 1. The lowest BCUT2D eigenvalue weighted by Crippen LogP contribution is -2.41. The molecular formula is C13H22ClN3O2. The quantitative estimate of drug-likeness (QED) is 0.838. The third-order valence-electron chi connectivity index (χ3n) is 3.31. The highest BCUT2D eigenvalue weighted by atomic mass is 35.5. The second-order valence-corrected chi connectivity index (χ2v) is 5.72. The summed E-state index contributed by atoms with van der Waals surface area (Å²) in [7, 11) is 1.96. The minimum Gasteiger partial charge on any atom is -0.302 e. The zero-order chi connectivity index (χ0) is 14.7. The first-order chi connectivity index (χ1) is 8.75. The Hall–Kier alpha value is -1.07. The van der Waals surface area contributed by atoms with Crippen molar-refractivity contribution in [2.75, 3.05) is 13.6 Å². The molecule has 1 N–H and O–H groups in total. The number of likely N-dealkylation sites (N-methyl/N-ethyl adjacent to an activating group) is 1. The van der Waals surface area contributed by atoms with Crippen molar-refractivity contribution in [3.05, 3.63) is 31.6 Å². The molecule has 0 aliphatic carbocycles. The van der Waals surface area contributed by atoms with Crippen LogP contribution >= 0.6 is 11.6 Å². The Bertz CT molecular complexity index is 546. The van der Waals surface area contributed by atoms with Gasteiger partial charge in [-0.15, -0.1) is 0 Å². The van der Waals surface area contributed by atoms with Crippen LogP contribution in [0.5, 0.6) is 0 Å². The Kier molecular flexibility index (Phi) is 5.38. The molecule has 0 unspecified atom stereocenters. The number of hydrogen-bond acceptors (Lipinski definition) is 3. The van der Waals surface area contributed by atoms with Crippen molar-refractivity contribution in [3.63, 3.8) is 0 Å². The van der Waals surface area contributed by atoms with Gasteiger partial charge in [-0.05, 0) is 26.8 Å². The summed E-state index contributed by atoms with van der Waals surface area (Å²) in [6.07, 6.45) is 0. The van der Waals surface area contributed by atoms with Gasteiger partial charge in [-0.25, -0.2) is 4.79 Å². The van der Waals surface area contributed by atoms with Gasteiger partial charge in [0.2, 0.25) is 0 Å². The Morgan fingerprint density at radius 3 is 2.32 bits per heavy atom. The van der Waals surface area contributed by atoms with Gasteiger partial charge in [0.1, 0.15) is 5.15 Å². The first kappa shape index (κ1) is 16.0. The number of hydrogen-bond donors (Lipinski definition) is 1. The van der Waals surface area contributed by atoms with E-state index in [1.165, 1.54) is 4.57 Å². The van der Waals surface area contributed by atoms with Gasteiger partial charge in [0.15, 0.2) is 0 Å². The Labute approximate surface area is 118 Å². The molecule has 0 amide bonds. The van der Waals surface area contributed by atoms with Gasteiger partial charge in [-0.2, -0.15) is 0 Å². The van der Waals surface area contributed by atoms with Crippen LogP contribution < -0.4 is 11.2 Å². The average Bonchev–Trinajstić information content (AvgIpc) is 2.26. The van der Waals surface area contributed by atoms with Gasteiger partial charge in [0.05, 0.1) is 5.56 Å². The van der Waals surface area contributed by atoms with E-state index in [0.29, 0.717) is 24.7 Å². The lowest BCUT2D eigenvalue weighted by Gasteiger charge is -2.21. The average molecular weight is 288 g/mol. The topological polar surface area (TPSA) is 58.1 Å². The minimum atomic E-state index is -0.448. The molecule has 0 radical (unpaired) electrons. The number of rotatable bonds is 5. The number of aromatic amines is 1. The zero-order valence-corrected chi connectivity index (χ0v) is 12.9. The molecule has 0 atom stereocenters. The van der Waals surface area contributed by atoms with Crippen molar-refractivity contribution in [3.8, 4) is 0 Å². The summed E-state index contributed by atoms with van der Waals surface area (Å²) in [6.45, 7) is 8.89. The molecule has 108 valence electrons. The predicted octanol–water partition coefficient (Wildman–Crippen LogP) is 1.65. The van der Waals surface area contributed by atoms with Crippen LogP contribution in [0.25, 0.3) is 0 Å². The number of nitrogens with one attached hydrogen (secondary N) is 1. The molecule has 0 aliphatic rings. The van der Waals surface area contributed by atoms with Crippen LogP contribution in [0.2, 0.25) is 5.15 Å². The normalized spacial score (nSPS) is 11.8. The molecule has 0 aliphatic heterocycles. The highest BCUT2D eigenvalue weighted by Gasteiger charge is 2.16. The number of nitrogens with zero attached hydrogens (tertiary/aromatic N) is 2. The highest BCUT2D eigenvalue weighted by Crippen LogP contribution is 2.16. The number of aromatic nitrogens is 2. The van der Waals surface area contributed by atoms with E-state index in [-0.39, 0.29) is 16.6 Å². The molecule has 1 aromatic heterocycles. The summed E-state index contributed by atoms with van der Waals surface area (Å²) in [4.78, 5) is 28.7. The van der Waals surface area contributed by atoms with Gasteiger partial charge in [-0.3, -0.25) is 14.3 Å². The van der Waals surface area contributed by atoms with Crippen molar-refractivity contribution in [2.24, 2.45) is 0 Å². The third-order valence-corrected chi connectivity index (χ3v) is 3.61. The standard InChI is InChI=1S/C13H22ClN3O2/c1-8(2)10-11(14)15-13(19)17(12(10)18)7-6-16(5)9(3)4/h8-9H,6-7H2,1-5H3,(H,15,19). The summed E-state index contributed by atoms with van der Waals surface area (Å²) in [6, 6.07) is 0.367. The van der Waals surface area contributed by atoms with E-state index < -0.39 is 5.69 Å². The summed E-state index contributed by atoms with van der Waals surface area (Å²) in [5.41, 5.74) is -0.272. The van der Waals surface area contributed by atoms with Crippen LogP contribution in [0.4, 0.5) is 0 Å². The summed E-state index contributed by atoms with van der Waals surface area (Å²) >= 11 is 5.94. The smallest absolute Gasteiger partial charge is 0.302 e. The maximum atomic E-state index is 12.3. The molecule has 1 heterocycles. The van der Waals surface area contributed by atoms with Gasteiger partial charge in [0, 0.05) is 19.1 Å². The van der Waals surface area contributed by atoms with E-state index in [0.717, 1.165) is 0 Å². The first-order valence-corrected chi connectivity index (χ1v) is 6.86. The van der Waals surface area contributed by atoms with E-state index in [4.69, 9.17) is 11.6 Å². The van der Waals surface area contributed by atoms with E-state index in [1.54, 1.807) is 0 Å². The fraction of sp³-hybridized carbons (Fsp3) is 0.692. The van der Waals surface area contributed by atoms with Crippen molar-refractivity contribution < 1.29 is 0 Å². The molecule has 0 spiro atoms. The Balaban J connectivity index is 3.12. The summed E-state index contributed by atoms with van der Waals surface area (Å²) in [5, 5.41) is 0.151. The molecule has 19 heavy (non-hydrogen) atoms. The van der Waals surface area contributed by atoms with Crippen LogP contribution in [0, 0.1) is 0 Å². The van der Waals surface area contributed by atoms with Gasteiger partial charge < -0.3 is 4.90 Å². The Morgan fingerprint density at radius 1 is 1.26 bits per heavy atom.